The van der Waals surface area contributed by atoms with Gasteiger partial charge in [0.15, 0.2) is 0 Å². The number of fused-ring (bicyclic) bond motifs is 2. The fourth-order valence-corrected chi connectivity index (χ4v) is 4.17. The van der Waals surface area contributed by atoms with Crippen molar-refractivity contribution in [1.29, 1.82) is 0 Å². The zero-order valence-electron chi connectivity index (χ0n) is 15.1. The number of anilines is 2. The molecular weight excluding hydrogens is 364 g/mol. The van der Waals surface area contributed by atoms with Crippen molar-refractivity contribution in [2.24, 2.45) is 5.92 Å². The van der Waals surface area contributed by atoms with Crippen molar-refractivity contribution in [3.8, 4) is 0 Å². The minimum atomic E-state index is -0.373. The third kappa shape index (κ3) is 3.39. The van der Waals surface area contributed by atoms with E-state index in [1.807, 2.05) is 35.2 Å². The molecule has 2 aromatic carbocycles. The molecule has 1 heterocycles. The molecule has 1 N–H and O–H groups in total. The van der Waals surface area contributed by atoms with Gasteiger partial charge in [0, 0.05) is 11.1 Å². The van der Waals surface area contributed by atoms with Gasteiger partial charge in [-0.3, -0.25) is 4.79 Å². The van der Waals surface area contributed by atoms with Gasteiger partial charge in [0.1, 0.15) is 0 Å². The number of nitrogens with one attached hydrogen (secondary N) is 1. The maximum absolute atomic E-state index is 13.3. The Balaban J connectivity index is 1.68. The molecule has 2 aromatic rings. The van der Waals surface area contributed by atoms with Crippen LogP contribution in [0.2, 0.25) is 5.02 Å². The first-order valence-electron chi connectivity index (χ1n) is 9.11. The number of ether oxygens (including phenoxy) is 1. The van der Waals surface area contributed by atoms with E-state index in [1.165, 1.54) is 7.11 Å². The lowest BCUT2D eigenvalue weighted by atomic mass is 10.0. The summed E-state index contributed by atoms with van der Waals surface area (Å²) in [4.78, 5) is 26.7. The largest absolute Gasteiger partial charge is 0.465 e. The van der Waals surface area contributed by atoms with E-state index in [-0.39, 0.29) is 23.8 Å². The number of esters is 1. The molecule has 6 heteroatoms. The Hall–Kier alpha value is -2.53. The predicted molar refractivity (Wildman–Crippen MR) is 105 cm³/mol. The Labute approximate surface area is 163 Å². The second-order valence-corrected chi connectivity index (χ2v) is 7.50. The minimum Gasteiger partial charge on any atom is -0.465 e. The second-order valence-electron chi connectivity index (χ2n) is 7.06. The molecule has 5 nitrogen and oxygen atoms in total. The number of methoxy groups -OCH3 is 1. The van der Waals surface area contributed by atoms with Gasteiger partial charge in [-0.05, 0) is 48.7 Å². The third-order valence-corrected chi connectivity index (χ3v) is 5.64. The number of rotatable bonds is 3. The summed E-state index contributed by atoms with van der Waals surface area (Å²) in [5.74, 6) is -0.267. The van der Waals surface area contributed by atoms with Gasteiger partial charge in [0.2, 0.25) is 5.91 Å². The highest BCUT2D eigenvalue weighted by Gasteiger charge is 2.39. The van der Waals surface area contributed by atoms with Gasteiger partial charge in [-0.1, -0.05) is 30.2 Å². The van der Waals surface area contributed by atoms with Crippen molar-refractivity contribution in [2.75, 3.05) is 17.3 Å². The van der Waals surface area contributed by atoms with E-state index < -0.39 is 0 Å². The first-order valence-corrected chi connectivity index (χ1v) is 9.49. The number of benzene rings is 2. The number of carbonyl (C=O) groups is 2. The molecule has 4 rings (SSSR count). The van der Waals surface area contributed by atoms with Crippen LogP contribution in [0.5, 0.6) is 0 Å². The van der Waals surface area contributed by atoms with Crippen LogP contribution in [0.4, 0.5) is 11.4 Å². The van der Waals surface area contributed by atoms with Crippen LogP contribution in [0.15, 0.2) is 42.5 Å². The number of halogens is 1. The van der Waals surface area contributed by atoms with Gasteiger partial charge in [-0.15, -0.1) is 0 Å². The standard InChI is InChI=1S/C21H21ClN2O3/c1-27-21(26)14-7-5-13(6-8-14)12-24-19-11-15(22)9-10-18(19)23-17-4-2-3-16(17)20(24)25/h5-11,16-17,23H,2-4,12H2,1H3. The van der Waals surface area contributed by atoms with Crippen LogP contribution in [0.1, 0.15) is 35.2 Å². The highest BCUT2D eigenvalue weighted by molar-refractivity contribution is 6.31. The van der Waals surface area contributed by atoms with Gasteiger partial charge in [-0.25, -0.2) is 4.79 Å². The molecule has 0 aromatic heterocycles. The topological polar surface area (TPSA) is 58.6 Å². The summed E-state index contributed by atoms with van der Waals surface area (Å²) in [6, 6.07) is 12.9. The van der Waals surface area contributed by atoms with E-state index >= 15 is 0 Å². The van der Waals surface area contributed by atoms with E-state index in [0.29, 0.717) is 17.1 Å². The van der Waals surface area contributed by atoms with Gasteiger partial charge >= 0.3 is 5.97 Å². The Morgan fingerprint density at radius 3 is 2.74 bits per heavy atom. The summed E-state index contributed by atoms with van der Waals surface area (Å²) in [7, 11) is 1.36. The van der Waals surface area contributed by atoms with E-state index in [2.05, 4.69) is 5.32 Å². The molecule has 0 bridgehead atoms. The smallest absolute Gasteiger partial charge is 0.337 e. The molecule has 140 valence electrons. The number of amides is 1. The quantitative estimate of drug-likeness (QED) is 0.803. The van der Waals surface area contributed by atoms with E-state index in [0.717, 1.165) is 36.2 Å². The van der Waals surface area contributed by atoms with E-state index in [1.54, 1.807) is 12.1 Å². The second kappa shape index (κ2) is 7.24. The highest BCUT2D eigenvalue weighted by atomic mass is 35.5. The van der Waals surface area contributed by atoms with Gasteiger partial charge in [0.05, 0.1) is 36.5 Å². The highest BCUT2D eigenvalue weighted by Crippen LogP contribution is 2.40. The first kappa shape index (κ1) is 17.9. The summed E-state index contributed by atoms with van der Waals surface area (Å²) in [6.07, 6.45) is 2.95. The maximum atomic E-state index is 13.3. The van der Waals surface area contributed by atoms with Gasteiger partial charge in [-0.2, -0.15) is 0 Å². The molecule has 27 heavy (non-hydrogen) atoms. The molecule has 0 saturated heterocycles. The number of nitrogens with zero attached hydrogens (tertiary/aromatic N) is 1. The Kier molecular flexibility index (Phi) is 4.79. The Morgan fingerprint density at radius 2 is 2.00 bits per heavy atom. The van der Waals surface area contributed by atoms with Crippen molar-refractivity contribution in [1.82, 2.24) is 0 Å². The van der Waals surface area contributed by atoms with Crippen molar-refractivity contribution >= 4 is 34.9 Å². The average Bonchev–Trinajstić information content (AvgIpc) is 3.11. The zero-order valence-corrected chi connectivity index (χ0v) is 15.8. The van der Waals surface area contributed by atoms with Crippen LogP contribution >= 0.6 is 11.6 Å². The van der Waals surface area contributed by atoms with Crippen molar-refractivity contribution < 1.29 is 14.3 Å². The van der Waals surface area contributed by atoms with Crippen LogP contribution in [-0.2, 0) is 16.1 Å². The van der Waals surface area contributed by atoms with Gasteiger partial charge < -0.3 is 15.0 Å². The summed E-state index contributed by atoms with van der Waals surface area (Å²) >= 11 is 6.22. The molecule has 0 spiro atoms. The average molecular weight is 385 g/mol. The zero-order chi connectivity index (χ0) is 19.0. The van der Waals surface area contributed by atoms with Gasteiger partial charge in [0.25, 0.3) is 0 Å². The molecule has 1 aliphatic heterocycles. The molecule has 1 aliphatic carbocycles. The monoisotopic (exact) mass is 384 g/mol. The summed E-state index contributed by atoms with van der Waals surface area (Å²) < 4.78 is 4.74. The molecule has 2 aliphatic rings. The number of hydrogen-bond donors (Lipinski definition) is 1. The molecular formula is C21H21ClN2O3. The van der Waals surface area contributed by atoms with Crippen LogP contribution in [-0.4, -0.2) is 25.0 Å². The first-order chi connectivity index (χ1) is 13.1. The van der Waals surface area contributed by atoms with Crippen LogP contribution in [0.25, 0.3) is 0 Å². The van der Waals surface area contributed by atoms with Crippen LogP contribution < -0.4 is 10.2 Å². The lowest BCUT2D eigenvalue weighted by Crippen LogP contribution is -2.38. The molecule has 1 fully saturated rings. The summed E-state index contributed by atoms with van der Waals surface area (Å²) in [5.41, 5.74) is 3.18. The predicted octanol–water partition coefficient (Wildman–Crippen LogP) is 4.25. The maximum Gasteiger partial charge on any atom is 0.337 e. The summed E-state index contributed by atoms with van der Waals surface area (Å²) in [6.45, 7) is 0.429. The SMILES string of the molecule is COC(=O)c1ccc(CN2C(=O)C3CCCC3Nc3ccc(Cl)cc32)cc1. The lowest BCUT2D eigenvalue weighted by molar-refractivity contribution is -0.122. The normalized spacial score (nSPS) is 21.1. The molecule has 1 amide bonds. The fraction of sp³-hybridized carbons (Fsp3) is 0.333. The molecule has 2 unspecified atom stereocenters. The third-order valence-electron chi connectivity index (χ3n) is 5.41. The number of hydrogen-bond acceptors (Lipinski definition) is 4. The van der Waals surface area contributed by atoms with Crippen molar-refractivity contribution in [2.45, 2.75) is 31.8 Å². The van der Waals surface area contributed by atoms with Crippen LogP contribution in [0, 0.1) is 5.92 Å². The van der Waals surface area contributed by atoms with Crippen molar-refractivity contribution in [3.63, 3.8) is 0 Å². The molecule has 2 atom stereocenters. The van der Waals surface area contributed by atoms with Crippen LogP contribution in [0.3, 0.4) is 0 Å². The number of carbonyl (C=O) groups excluding carboxylic acids is 2. The van der Waals surface area contributed by atoms with E-state index in [9.17, 15) is 9.59 Å². The minimum absolute atomic E-state index is 0.0227. The summed E-state index contributed by atoms with van der Waals surface area (Å²) in [5, 5.41) is 4.14. The van der Waals surface area contributed by atoms with Crippen molar-refractivity contribution in [3.05, 3.63) is 58.6 Å². The molecule has 0 radical (unpaired) electrons. The van der Waals surface area contributed by atoms with E-state index in [4.69, 9.17) is 16.3 Å². The molecule has 1 saturated carbocycles. The lowest BCUT2D eigenvalue weighted by Gasteiger charge is -2.25. The Bertz CT molecular complexity index is 881. The fourth-order valence-electron chi connectivity index (χ4n) is 4.01. The Morgan fingerprint density at radius 1 is 1.22 bits per heavy atom.